The predicted octanol–water partition coefficient (Wildman–Crippen LogP) is 6.35. The summed E-state index contributed by atoms with van der Waals surface area (Å²) < 4.78 is 12.0. The molecule has 3 aromatic carbocycles. The molecule has 162 valence electrons. The summed E-state index contributed by atoms with van der Waals surface area (Å²) in [5.74, 6) is 0.485. The van der Waals surface area contributed by atoms with E-state index in [1.807, 2.05) is 37.3 Å². The van der Waals surface area contributed by atoms with Gasteiger partial charge in [-0.25, -0.2) is 4.98 Å². The van der Waals surface area contributed by atoms with Gasteiger partial charge in [0.05, 0.1) is 23.3 Å². The molecule has 9 heteroatoms. The standard InChI is InChI=1S/C23H17BrClN3O3S/c1-12-9-13(24)10-16(20(12)30-2)21(29)28-23(32)26-14-7-8-17(25)15(11-14)22-27-18-5-3-4-6-19(18)31-22/h3-11H,1-2H3,(H2,26,28,29,32). The third-order valence-electron chi connectivity index (χ3n) is 4.66. The average Bonchev–Trinajstić information content (AvgIpc) is 3.18. The minimum atomic E-state index is -0.392. The minimum absolute atomic E-state index is 0.125. The van der Waals surface area contributed by atoms with E-state index in [0.29, 0.717) is 39.1 Å². The third kappa shape index (κ3) is 4.62. The molecule has 0 spiro atoms. The fourth-order valence-electron chi connectivity index (χ4n) is 3.26. The number of halogens is 2. The molecule has 0 saturated carbocycles. The number of anilines is 1. The molecule has 0 aliphatic rings. The summed E-state index contributed by atoms with van der Waals surface area (Å²) in [6.45, 7) is 1.86. The first-order valence-corrected chi connectivity index (χ1v) is 11.1. The first kappa shape index (κ1) is 22.3. The van der Waals surface area contributed by atoms with E-state index in [4.69, 9.17) is 33.0 Å². The van der Waals surface area contributed by atoms with Crippen molar-refractivity contribution in [3.63, 3.8) is 0 Å². The highest BCUT2D eigenvalue weighted by molar-refractivity contribution is 9.10. The van der Waals surface area contributed by atoms with Crippen LogP contribution in [0.2, 0.25) is 5.02 Å². The second kappa shape index (κ2) is 9.28. The van der Waals surface area contributed by atoms with Crippen LogP contribution in [-0.4, -0.2) is 23.1 Å². The zero-order valence-corrected chi connectivity index (χ0v) is 20.2. The van der Waals surface area contributed by atoms with Crippen molar-refractivity contribution in [3.05, 3.63) is 75.2 Å². The number of carbonyl (C=O) groups excluding carboxylic acids is 1. The summed E-state index contributed by atoms with van der Waals surface area (Å²) >= 11 is 15.1. The highest BCUT2D eigenvalue weighted by Crippen LogP contribution is 2.32. The maximum Gasteiger partial charge on any atom is 0.261 e. The van der Waals surface area contributed by atoms with Crippen molar-refractivity contribution in [2.45, 2.75) is 6.92 Å². The Morgan fingerprint density at radius 3 is 2.72 bits per heavy atom. The van der Waals surface area contributed by atoms with Gasteiger partial charge in [-0.2, -0.15) is 0 Å². The smallest absolute Gasteiger partial charge is 0.261 e. The number of thiocarbonyl (C=S) groups is 1. The Morgan fingerprint density at radius 2 is 1.97 bits per heavy atom. The maximum absolute atomic E-state index is 12.8. The summed E-state index contributed by atoms with van der Waals surface area (Å²) in [6, 6.07) is 16.2. The molecule has 6 nitrogen and oxygen atoms in total. The molecule has 1 aromatic heterocycles. The number of aromatic nitrogens is 1. The highest BCUT2D eigenvalue weighted by atomic mass is 79.9. The van der Waals surface area contributed by atoms with Gasteiger partial charge in [-0.1, -0.05) is 39.7 Å². The van der Waals surface area contributed by atoms with Gasteiger partial charge in [0.1, 0.15) is 11.3 Å². The molecule has 0 radical (unpaired) electrons. The van der Waals surface area contributed by atoms with Crippen LogP contribution in [-0.2, 0) is 0 Å². The van der Waals surface area contributed by atoms with Crippen molar-refractivity contribution in [3.8, 4) is 17.2 Å². The van der Waals surface area contributed by atoms with Crippen LogP contribution in [0.4, 0.5) is 5.69 Å². The van der Waals surface area contributed by atoms with Crippen LogP contribution in [0.3, 0.4) is 0 Å². The normalized spacial score (nSPS) is 10.8. The number of rotatable bonds is 4. The fourth-order valence-corrected chi connectivity index (χ4v) is 4.24. The Hall–Kier alpha value is -2.94. The number of hydrogen-bond donors (Lipinski definition) is 2. The van der Waals surface area contributed by atoms with Crippen molar-refractivity contribution in [1.29, 1.82) is 0 Å². The predicted molar refractivity (Wildman–Crippen MR) is 134 cm³/mol. The number of ether oxygens (including phenoxy) is 1. The second-order valence-corrected chi connectivity index (χ2v) is 8.62. The van der Waals surface area contributed by atoms with E-state index in [9.17, 15) is 4.79 Å². The van der Waals surface area contributed by atoms with E-state index in [1.54, 1.807) is 24.3 Å². The van der Waals surface area contributed by atoms with E-state index in [0.717, 1.165) is 15.6 Å². The number of para-hydroxylation sites is 2. The van der Waals surface area contributed by atoms with E-state index >= 15 is 0 Å². The molecule has 2 N–H and O–H groups in total. The summed E-state index contributed by atoms with van der Waals surface area (Å²) in [5.41, 5.74) is 3.81. The molecular weight excluding hydrogens is 514 g/mol. The molecule has 1 heterocycles. The second-order valence-electron chi connectivity index (χ2n) is 6.89. The fraction of sp³-hybridized carbons (Fsp3) is 0.0870. The summed E-state index contributed by atoms with van der Waals surface area (Å²) in [6.07, 6.45) is 0. The van der Waals surface area contributed by atoms with Crippen LogP contribution in [0, 0.1) is 6.92 Å². The van der Waals surface area contributed by atoms with Crippen LogP contribution in [0.1, 0.15) is 15.9 Å². The van der Waals surface area contributed by atoms with Crippen molar-refractivity contribution >= 4 is 67.6 Å². The number of oxazole rings is 1. The Balaban J connectivity index is 1.54. The highest BCUT2D eigenvalue weighted by Gasteiger charge is 2.17. The Morgan fingerprint density at radius 1 is 1.19 bits per heavy atom. The molecule has 0 aliphatic carbocycles. The van der Waals surface area contributed by atoms with Crippen molar-refractivity contribution in [2.24, 2.45) is 0 Å². The number of benzene rings is 3. The lowest BCUT2D eigenvalue weighted by atomic mass is 10.1. The molecule has 1 amide bonds. The van der Waals surface area contributed by atoms with Gasteiger partial charge in [0.25, 0.3) is 5.91 Å². The van der Waals surface area contributed by atoms with Gasteiger partial charge in [-0.05, 0) is 67.2 Å². The largest absolute Gasteiger partial charge is 0.496 e. The van der Waals surface area contributed by atoms with E-state index in [-0.39, 0.29) is 5.11 Å². The first-order valence-electron chi connectivity index (χ1n) is 9.47. The molecule has 4 aromatic rings. The Kier molecular flexibility index (Phi) is 6.45. The lowest BCUT2D eigenvalue weighted by molar-refractivity contribution is 0.0974. The molecule has 4 rings (SSSR count). The van der Waals surface area contributed by atoms with Crippen molar-refractivity contribution in [2.75, 3.05) is 12.4 Å². The van der Waals surface area contributed by atoms with Crippen molar-refractivity contribution < 1.29 is 13.9 Å². The van der Waals surface area contributed by atoms with Gasteiger partial charge < -0.3 is 14.5 Å². The average molecular weight is 531 g/mol. The van der Waals surface area contributed by atoms with Gasteiger partial charge in [0, 0.05) is 10.2 Å². The summed E-state index contributed by atoms with van der Waals surface area (Å²) in [5, 5.41) is 6.28. The molecular formula is C23H17BrClN3O3S. The topological polar surface area (TPSA) is 76.4 Å². The van der Waals surface area contributed by atoms with E-state index < -0.39 is 5.91 Å². The Bertz CT molecular complexity index is 1320. The third-order valence-corrected chi connectivity index (χ3v) is 5.66. The number of nitrogens with zero attached hydrogens (tertiary/aromatic N) is 1. The number of nitrogens with one attached hydrogen (secondary N) is 2. The van der Waals surface area contributed by atoms with E-state index in [2.05, 4.69) is 31.5 Å². The number of aryl methyl sites for hydroxylation is 1. The van der Waals surface area contributed by atoms with Crippen LogP contribution >= 0.6 is 39.7 Å². The van der Waals surface area contributed by atoms with Gasteiger partial charge >= 0.3 is 0 Å². The van der Waals surface area contributed by atoms with Gasteiger partial charge in [-0.15, -0.1) is 0 Å². The quantitative estimate of drug-likeness (QED) is 0.299. The molecule has 0 bridgehead atoms. The van der Waals surface area contributed by atoms with Crippen LogP contribution < -0.4 is 15.4 Å². The van der Waals surface area contributed by atoms with Crippen molar-refractivity contribution in [1.82, 2.24) is 10.3 Å². The summed E-state index contributed by atoms with van der Waals surface area (Å²) in [4.78, 5) is 17.3. The van der Waals surface area contributed by atoms with Crippen LogP contribution in [0.25, 0.3) is 22.6 Å². The van der Waals surface area contributed by atoms with Crippen LogP contribution in [0.5, 0.6) is 5.75 Å². The first-order chi connectivity index (χ1) is 15.4. The number of amides is 1. The van der Waals surface area contributed by atoms with Gasteiger partial charge in [-0.3, -0.25) is 10.1 Å². The lowest BCUT2D eigenvalue weighted by Crippen LogP contribution is -2.34. The van der Waals surface area contributed by atoms with Gasteiger partial charge in [0.15, 0.2) is 10.7 Å². The zero-order valence-electron chi connectivity index (χ0n) is 17.0. The molecule has 0 aliphatic heterocycles. The zero-order chi connectivity index (χ0) is 22.8. The number of hydrogen-bond acceptors (Lipinski definition) is 5. The molecule has 32 heavy (non-hydrogen) atoms. The maximum atomic E-state index is 12.8. The lowest BCUT2D eigenvalue weighted by Gasteiger charge is -2.14. The molecule has 0 fully saturated rings. The summed E-state index contributed by atoms with van der Waals surface area (Å²) in [7, 11) is 1.52. The molecule has 0 saturated heterocycles. The minimum Gasteiger partial charge on any atom is -0.496 e. The van der Waals surface area contributed by atoms with Crippen LogP contribution in [0.15, 0.2) is 63.5 Å². The Labute approximate surface area is 203 Å². The number of fused-ring (bicyclic) bond motifs is 1. The van der Waals surface area contributed by atoms with Gasteiger partial charge in [0.2, 0.25) is 5.89 Å². The number of methoxy groups -OCH3 is 1. The molecule has 0 atom stereocenters. The van der Waals surface area contributed by atoms with E-state index in [1.165, 1.54) is 7.11 Å². The SMILES string of the molecule is COc1c(C)cc(Br)cc1C(=O)NC(=S)Nc1ccc(Cl)c(-c2nc3ccccc3o2)c1. The monoisotopic (exact) mass is 529 g/mol. The molecule has 0 unspecified atom stereocenters. The number of carbonyl (C=O) groups is 1.